The fourth-order valence-corrected chi connectivity index (χ4v) is 8.31. The van der Waals surface area contributed by atoms with Gasteiger partial charge in [-0.3, -0.25) is 9.55 Å². The molecule has 0 aliphatic heterocycles. The van der Waals surface area contributed by atoms with Crippen molar-refractivity contribution < 1.29 is 9.52 Å². The summed E-state index contributed by atoms with van der Waals surface area (Å²) in [7, 11) is 0. The van der Waals surface area contributed by atoms with Crippen molar-refractivity contribution in [1.29, 1.82) is 0 Å². The van der Waals surface area contributed by atoms with E-state index < -0.39 is 0 Å². The first kappa shape index (κ1) is 43.3. The Kier molecular flexibility index (Phi) is 10.4. The van der Waals surface area contributed by atoms with Crippen molar-refractivity contribution in [2.45, 2.75) is 105 Å². The molecule has 0 bridgehead atoms. The number of benzene rings is 5. The SMILES string of the molecule is CC(C)(C)c1cc(-c2nc3c(-c4cccc(-c5cc6cc(-c7nc(C(C)(C)C)nc(C(C)(C)C)n7)oc6cn5)c4)cccc3n2-c2ccccc2-c2ccccc2)c(O)c(C(C)(C)C)c1. The smallest absolute Gasteiger partial charge is 0.199 e. The second-order valence-electron chi connectivity index (χ2n) is 21.4. The zero-order valence-electron chi connectivity index (χ0n) is 39.7. The van der Waals surface area contributed by atoms with Gasteiger partial charge in [0.25, 0.3) is 0 Å². The van der Waals surface area contributed by atoms with E-state index in [4.69, 9.17) is 29.3 Å². The van der Waals surface area contributed by atoms with E-state index in [1.165, 1.54) is 0 Å². The van der Waals surface area contributed by atoms with Crippen LogP contribution in [0.15, 0.2) is 132 Å². The van der Waals surface area contributed by atoms with Gasteiger partial charge in [0.15, 0.2) is 17.2 Å². The normalized spacial score (nSPS) is 12.7. The summed E-state index contributed by atoms with van der Waals surface area (Å²) in [5, 5.41) is 13.3. The van der Waals surface area contributed by atoms with E-state index in [2.05, 4.69) is 197 Å². The highest BCUT2D eigenvalue weighted by atomic mass is 16.3. The minimum atomic E-state index is -0.321. The lowest BCUT2D eigenvalue weighted by atomic mass is 9.79. The van der Waals surface area contributed by atoms with Crippen molar-refractivity contribution in [3.63, 3.8) is 0 Å². The van der Waals surface area contributed by atoms with E-state index in [1.807, 2.05) is 12.1 Å². The molecule has 328 valence electrons. The highest BCUT2D eigenvalue weighted by molar-refractivity contribution is 5.98. The molecule has 0 radical (unpaired) electrons. The maximum Gasteiger partial charge on any atom is 0.199 e. The molecular weight excluding hydrogens is 801 g/mol. The number of nitrogens with zero attached hydrogens (tertiary/aromatic N) is 6. The number of phenolic OH excluding ortho intramolecular Hbond substituents is 1. The highest BCUT2D eigenvalue weighted by Gasteiger charge is 2.30. The Morgan fingerprint density at radius 3 is 1.83 bits per heavy atom. The molecular formula is C57H58N6O2. The minimum absolute atomic E-state index is 0.180. The largest absolute Gasteiger partial charge is 0.507 e. The third-order valence-electron chi connectivity index (χ3n) is 12.0. The predicted octanol–water partition coefficient (Wildman–Crippen LogP) is 14.6. The van der Waals surface area contributed by atoms with Crippen molar-refractivity contribution in [3.05, 3.63) is 150 Å². The van der Waals surface area contributed by atoms with Gasteiger partial charge >= 0.3 is 0 Å². The number of aromatic nitrogens is 6. The molecule has 5 aromatic carbocycles. The topological polar surface area (TPSA) is 103 Å². The number of aromatic hydroxyl groups is 1. The van der Waals surface area contributed by atoms with Crippen LogP contribution < -0.4 is 0 Å². The van der Waals surface area contributed by atoms with E-state index >= 15 is 0 Å². The zero-order chi connectivity index (χ0) is 46.2. The monoisotopic (exact) mass is 858 g/mol. The molecule has 0 atom stereocenters. The standard InChI is InChI=1S/C57H58N6O2/c1-54(2,3)38-31-41(49(64)42(32-38)55(4,5)6)51-59-48-40(25-19-27-45(48)63(51)44-26-17-16-24-39(44)34-20-14-13-15-21-34)35-22-18-23-36(28-35)43-29-37-30-46(65-47(37)33-58-43)50-60-52(56(7,8)9)62-53(61-50)57(10,11)12/h13-33,64H,1-12H3. The van der Waals surface area contributed by atoms with E-state index in [0.29, 0.717) is 28.6 Å². The van der Waals surface area contributed by atoms with Gasteiger partial charge in [-0.15, -0.1) is 0 Å². The average molecular weight is 859 g/mol. The fraction of sp³-hybridized carbons (Fsp3) is 0.281. The average Bonchev–Trinajstić information content (AvgIpc) is 3.87. The molecule has 0 unspecified atom stereocenters. The van der Waals surface area contributed by atoms with Gasteiger partial charge in [0.2, 0.25) is 0 Å². The van der Waals surface area contributed by atoms with Crippen LogP contribution >= 0.6 is 0 Å². The van der Waals surface area contributed by atoms with Crippen LogP contribution in [-0.4, -0.2) is 34.6 Å². The number of hydrogen-bond acceptors (Lipinski definition) is 7. The molecule has 65 heavy (non-hydrogen) atoms. The van der Waals surface area contributed by atoms with Crippen LogP contribution in [0.3, 0.4) is 0 Å². The minimum Gasteiger partial charge on any atom is -0.507 e. The van der Waals surface area contributed by atoms with Crippen LogP contribution in [-0.2, 0) is 21.7 Å². The first-order valence-electron chi connectivity index (χ1n) is 22.5. The molecule has 4 heterocycles. The second-order valence-corrected chi connectivity index (χ2v) is 21.4. The van der Waals surface area contributed by atoms with Gasteiger partial charge in [-0.25, -0.2) is 19.9 Å². The second kappa shape index (κ2) is 15.7. The number of furan rings is 1. The van der Waals surface area contributed by atoms with Gasteiger partial charge in [-0.1, -0.05) is 168 Å². The van der Waals surface area contributed by atoms with Crippen LogP contribution in [0.1, 0.15) is 106 Å². The van der Waals surface area contributed by atoms with Crippen molar-refractivity contribution in [3.8, 4) is 67.9 Å². The van der Waals surface area contributed by atoms with E-state index in [0.717, 1.165) is 78.4 Å². The van der Waals surface area contributed by atoms with Crippen LogP contribution in [0.25, 0.3) is 84.2 Å². The molecule has 8 nitrogen and oxygen atoms in total. The molecule has 0 aliphatic rings. The lowest BCUT2D eigenvalue weighted by Crippen LogP contribution is -2.23. The molecule has 0 saturated heterocycles. The number of para-hydroxylation sites is 2. The summed E-state index contributed by atoms with van der Waals surface area (Å²) in [6.45, 7) is 25.7. The Labute approximate surface area is 382 Å². The summed E-state index contributed by atoms with van der Waals surface area (Å²) in [5.74, 6) is 3.45. The number of phenols is 1. The Balaban J connectivity index is 1.21. The van der Waals surface area contributed by atoms with Crippen LogP contribution in [0.4, 0.5) is 0 Å². The highest BCUT2D eigenvalue weighted by Crippen LogP contribution is 2.45. The maximum absolute atomic E-state index is 12.4. The molecule has 0 saturated carbocycles. The number of hydrogen-bond donors (Lipinski definition) is 1. The molecule has 0 amide bonds. The lowest BCUT2D eigenvalue weighted by Gasteiger charge is -2.27. The summed E-state index contributed by atoms with van der Waals surface area (Å²) in [6, 6.07) is 42.0. The van der Waals surface area contributed by atoms with Crippen LogP contribution in [0.2, 0.25) is 0 Å². The number of rotatable bonds is 6. The maximum atomic E-state index is 12.4. The van der Waals surface area contributed by atoms with Gasteiger partial charge in [-0.2, -0.15) is 0 Å². The molecule has 4 aromatic heterocycles. The van der Waals surface area contributed by atoms with Gasteiger partial charge in [0.1, 0.15) is 23.2 Å². The Bertz CT molecular complexity index is 3230. The van der Waals surface area contributed by atoms with Crippen molar-refractivity contribution in [1.82, 2.24) is 29.5 Å². The molecule has 9 rings (SSSR count). The fourth-order valence-electron chi connectivity index (χ4n) is 8.31. The van der Waals surface area contributed by atoms with Crippen LogP contribution in [0, 0.1) is 0 Å². The van der Waals surface area contributed by atoms with Crippen LogP contribution in [0.5, 0.6) is 5.75 Å². The Morgan fingerprint density at radius 1 is 0.523 bits per heavy atom. The van der Waals surface area contributed by atoms with Gasteiger partial charge in [0.05, 0.1) is 34.2 Å². The third-order valence-corrected chi connectivity index (χ3v) is 12.0. The number of imidazole rings is 1. The van der Waals surface area contributed by atoms with Gasteiger partial charge in [0, 0.05) is 38.5 Å². The molecule has 9 aromatic rings. The van der Waals surface area contributed by atoms with Crippen molar-refractivity contribution >= 4 is 22.0 Å². The quantitative estimate of drug-likeness (QED) is 0.178. The third kappa shape index (κ3) is 8.22. The first-order chi connectivity index (χ1) is 30.6. The number of fused-ring (bicyclic) bond motifs is 2. The van der Waals surface area contributed by atoms with E-state index in [-0.39, 0.29) is 27.4 Å². The van der Waals surface area contributed by atoms with E-state index in [9.17, 15) is 5.11 Å². The van der Waals surface area contributed by atoms with E-state index in [1.54, 1.807) is 6.20 Å². The van der Waals surface area contributed by atoms with Crippen molar-refractivity contribution in [2.75, 3.05) is 0 Å². The van der Waals surface area contributed by atoms with Gasteiger partial charge in [-0.05, 0) is 63.9 Å². The summed E-state index contributed by atoms with van der Waals surface area (Å²) in [5.41, 5.74) is 10.9. The Morgan fingerprint density at radius 2 is 1.15 bits per heavy atom. The molecule has 0 fully saturated rings. The molecule has 8 heteroatoms. The van der Waals surface area contributed by atoms with Gasteiger partial charge < -0.3 is 9.52 Å². The first-order valence-corrected chi connectivity index (χ1v) is 22.5. The molecule has 0 spiro atoms. The lowest BCUT2D eigenvalue weighted by molar-refractivity contribution is 0.446. The predicted molar refractivity (Wildman–Crippen MR) is 266 cm³/mol. The van der Waals surface area contributed by atoms with Crippen molar-refractivity contribution in [2.24, 2.45) is 0 Å². The molecule has 0 aliphatic carbocycles. The summed E-state index contributed by atoms with van der Waals surface area (Å²) in [4.78, 5) is 25.1. The number of pyridine rings is 1. The molecule has 1 N–H and O–H groups in total. The summed E-state index contributed by atoms with van der Waals surface area (Å²) >= 11 is 0. The summed E-state index contributed by atoms with van der Waals surface area (Å²) in [6.07, 6.45) is 1.78. The zero-order valence-corrected chi connectivity index (χ0v) is 39.7. The Hall–Kier alpha value is -6.93. The summed E-state index contributed by atoms with van der Waals surface area (Å²) < 4.78 is 8.59.